The first-order chi connectivity index (χ1) is 25.9. The Morgan fingerprint density at radius 1 is 0.907 bits per heavy atom. The van der Waals surface area contributed by atoms with Crippen molar-refractivity contribution in [2.45, 2.75) is 90.1 Å². The van der Waals surface area contributed by atoms with Crippen molar-refractivity contribution in [1.82, 2.24) is 9.80 Å². The minimum atomic E-state index is -1.11. The Kier molecular flexibility index (Phi) is 11.1. The van der Waals surface area contributed by atoms with E-state index in [1.54, 1.807) is 12.1 Å². The van der Waals surface area contributed by atoms with Crippen molar-refractivity contribution >= 4 is 39.8 Å². The molecule has 0 saturated carbocycles. The summed E-state index contributed by atoms with van der Waals surface area (Å²) >= 11 is 1.43. The van der Waals surface area contributed by atoms with E-state index in [0.717, 1.165) is 78.9 Å². The molecular weight excluding hydrogens is 711 g/mol. The number of hydrogen-bond donors (Lipinski definition) is 4. The fourth-order valence-corrected chi connectivity index (χ4v) is 9.51. The van der Waals surface area contributed by atoms with Gasteiger partial charge in [0.25, 0.3) is 5.91 Å². The molecular formula is C42H46F2N4O5S. The highest BCUT2D eigenvalue weighted by molar-refractivity contribution is 7.16. The number of nitrogens with one attached hydrogen (secondary N) is 2. The molecule has 1 aromatic heterocycles. The smallest absolute Gasteiger partial charge is 0.335 e. The Hall–Kier alpha value is -4.65. The van der Waals surface area contributed by atoms with Gasteiger partial charge in [0.1, 0.15) is 16.6 Å². The molecule has 1 aliphatic carbocycles. The van der Waals surface area contributed by atoms with Crippen LogP contribution in [0.5, 0.6) is 0 Å². The average Bonchev–Trinajstić information content (AvgIpc) is 3.64. The number of hydrogen-bond acceptors (Lipinski definition) is 7. The average molecular weight is 757 g/mol. The van der Waals surface area contributed by atoms with Gasteiger partial charge in [-0.3, -0.25) is 14.5 Å². The highest BCUT2D eigenvalue weighted by atomic mass is 32.1. The fraction of sp³-hybridized carbons (Fsp3) is 0.405. The lowest BCUT2D eigenvalue weighted by Crippen LogP contribution is -2.56. The second-order valence-electron chi connectivity index (χ2n) is 15.1. The number of aromatic carboxylic acids is 1. The van der Waals surface area contributed by atoms with Crippen LogP contribution in [0.25, 0.3) is 0 Å². The van der Waals surface area contributed by atoms with Crippen molar-refractivity contribution in [3.05, 3.63) is 116 Å². The molecule has 3 aliphatic rings. The van der Waals surface area contributed by atoms with Crippen LogP contribution in [0.1, 0.15) is 99.2 Å². The van der Waals surface area contributed by atoms with E-state index in [2.05, 4.69) is 20.4 Å². The number of carboxylic acid groups (broad SMARTS) is 1. The number of piperazine rings is 1. The first kappa shape index (κ1) is 37.7. The summed E-state index contributed by atoms with van der Waals surface area (Å²) in [5.41, 5.74) is 3.72. The molecule has 0 spiro atoms. The van der Waals surface area contributed by atoms with Gasteiger partial charge in [-0.25, -0.2) is 13.6 Å². The maximum atomic E-state index is 15.3. The number of rotatable bonds is 12. The predicted molar refractivity (Wildman–Crippen MR) is 205 cm³/mol. The zero-order valence-electron chi connectivity index (χ0n) is 30.5. The lowest BCUT2D eigenvalue weighted by molar-refractivity contribution is -0.140. The minimum Gasteiger partial charge on any atom is -0.478 e. The van der Waals surface area contributed by atoms with Crippen molar-refractivity contribution in [1.29, 1.82) is 0 Å². The molecule has 284 valence electrons. The molecule has 3 unspecified atom stereocenters. The van der Waals surface area contributed by atoms with Gasteiger partial charge in [-0.2, -0.15) is 0 Å². The number of carboxylic acids is 1. The van der Waals surface area contributed by atoms with Gasteiger partial charge in [0.2, 0.25) is 5.91 Å². The SMILES string of the molecule is CC(C)C(=O)N1C2CCC1CN(Cc1cccc(C(O)Nc3sc4c(c3C(=O)Nc3cc(F)c(CCc5ccc(C(=O)O)cc5)c(F)c3)CCCC4)c1)C2. The third-order valence-corrected chi connectivity index (χ3v) is 12.1. The van der Waals surface area contributed by atoms with Crippen LogP contribution in [0.2, 0.25) is 0 Å². The number of thiophene rings is 1. The van der Waals surface area contributed by atoms with Gasteiger partial charge in [0, 0.05) is 59.3 Å². The number of anilines is 2. The largest absolute Gasteiger partial charge is 0.478 e. The molecule has 2 aliphatic heterocycles. The van der Waals surface area contributed by atoms with E-state index in [4.69, 9.17) is 5.11 Å². The number of benzene rings is 3. The number of amides is 2. The molecule has 3 heterocycles. The molecule has 7 rings (SSSR count). The number of carbonyl (C=O) groups is 3. The van der Waals surface area contributed by atoms with Crippen LogP contribution in [-0.4, -0.2) is 63.0 Å². The summed E-state index contributed by atoms with van der Waals surface area (Å²) in [6, 6.07) is 16.6. The number of fused-ring (bicyclic) bond motifs is 3. The van der Waals surface area contributed by atoms with Crippen molar-refractivity contribution in [2.24, 2.45) is 5.92 Å². The highest BCUT2D eigenvalue weighted by Gasteiger charge is 2.42. The van der Waals surface area contributed by atoms with Crippen LogP contribution in [0.3, 0.4) is 0 Å². The third kappa shape index (κ3) is 8.06. The molecule has 3 aromatic carbocycles. The lowest BCUT2D eigenvalue weighted by Gasteiger charge is -2.42. The van der Waals surface area contributed by atoms with Gasteiger partial charge in [0.05, 0.1) is 11.1 Å². The monoisotopic (exact) mass is 756 g/mol. The molecule has 12 heteroatoms. The fourth-order valence-electron chi connectivity index (χ4n) is 8.20. The number of aliphatic hydroxyl groups excluding tert-OH is 1. The molecule has 0 radical (unpaired) electrons. The van der Waals surface area contributed by atoms with Gasteiger partial charge in [-0.15, -0.1) is 11.3 Å². The Balaban J connectivity index is 1.03. The maximum absolute atomic E-state index is 15.3. The van der Waals surface area contributed by atoms with E-state index in [0.29, 0.717) is 35.5 Å². The molecule has 4 aromatic rings. The first-order valence-corrected chi connectivity index (χ1v) is 19.6. The molecule has 2 saturated heterocycles. The topological polar surface area (TPSA) is 122 Å². The Bertz CT molecular complexity index is 2010. The summed E-state index contributed by atoms with van der Waals surface area (Å²) < 4.78 is 30.5. The molecule has 54 heavy (non-hydrogen) atoms. The van der Waals surface area contributed by atoms with Gasteiger partial charge in [-0.1, -0.05) is 50.2 Å². The van der Waals surface area contributed by atoms with Gasteiger partial charge < -0.3 is 25.7 Å². The summed E-state index contributed by atoms with van der Waals surface area (Å²) in [6.45, 7) is 6.25. The van der Waals surface area contributed by atoms with Crippen molar-refractivity contribution < 1.29 is 33.4 Å². The van der Waals surface area contributed by atoms with Gasteiger partial charge in [-0.05, 0) is 92.3 Å². The van der Waals surface area contributed by atoms with E-state index in [9.17, 15) is 19.5 Å². The second kappa shape index (κ2) is 16.0. The third-order valence-electron chi connectivity index (χ3n) is 10.9. The summed E-state index contributed by atoms with van der Waals surface area (Å²) in [4.78, 5) is 43.4. The van der Waals surface area contributed by atoms with Crippen molar-refractivity contribution in [3.63, 3.8) is 0 Å². The summed E-state index contributed by atoms with van der Waals surface area (Å²) in [6.07, 6.45) is 4.69. The molecule has 9 nitrogen and oxygen atoms in total. The Morgan fingerprint density at radius 2 is 1.59 bits per heavy atom. The Labute approximate surface area is 318 Å². The maximum Gasteiger partial charge on any atom is 0.335 e. The quantitative estimate of drug-likeness (QED) is 0.110. The van der Waals surface area contributed by atoms with E-state index in [1.807, 2.05) is 38.1 Å². The molecule has 2 amide bonds. The standard InChI is InChI=1S/C42H46F2N4O5S/c1-24(2)41(51)48-30-15-16-31(48)23-47(22-30)21-26-6-5-7-28(18-26)38(49)46-40-37(33-8-3-4-9-36(33)54-40)39(50)45-29-19-34(43)32(35(44)20-29)17-12-25-10-13-27(14-11-25)42(52)53/h5-7,10-11,13-14,18-20,24,30-31,38,46,49H,3-4,8-9,12,15-17,21-23H2,1-2H3,(H,45,50)(H,52,53). The van der Waals surface area contributed by atoms with E-state index in [-0.39, 0.29) is 47.1 Å². The number of aliphatic hydroxyl groups is 1. The predicted octanol–water partition coefficient (Wildman–Crippen LogP) is 7.58. The number of aryl methyl sites for hydroxylation is 2. The van der Waals surface area contributed by atoms with Crippen LogP contribution in [0, 0.1) is 17.6 Å². The van der Waals surface area contributed by atoms with Gasteiger partial charge in [0.15, 0.2) is 6.23 Å². The minimum absolute atomic E-state index is 0.0117. The Morgan fingerprint density at radius 3 is 2.26 bits per heavy atom. The molecule has 3 atom stereocenters. The molecule has 2 bridgehead atoms. The van der Waals surface area contributed by atoms with Gasteiger partial charge >= 0.3 is 5.97 Å². The number of likely N-dealkylation sites (tertiary alicyclic amines) is 1. The van der Waals surface area contributed by atoms with E-state index >= 15 is 8.78 Å². The second-order valence-corrected chi connectivity index (χ2v) is 16.2. The highest BCUT2D eigenvalue weighted by Crippen LogP contribution is 2.40. The van der Waals surface area contributed by atoms with Crippen LogP contribution >= 0.6 is 11.3 Å². The normalized spacial score (nSPS) is 18.7. The number of halogens is 2. The van der Waals surface area contributed by atoms with Crippen LogP contribution in [0.15, 0.2) is 60.7 Å². The summed E-state index contributed by atoms with van der Waals surface area (Å²) in [5, 5.41) is 27.0. The first-order valence-electron chi connectivity index (χ1n) is 18.8. The van der Waals surface area contributed by atoms with Crippen LogP contribution < -0.4 is 10.6 Å². The van der Waals surface area contributed by atoms with Crippen molar-refractivity contribution in [3.8, 4) is 0 Å². The summed E-state index contributed by atoms with van der Waals surface area (Å²) in [5.74, 6) is -2.91. The van der Waals surface area contributed by atoms with Crippen LogP contribution in [0.4, 0.5) is 19.5 Å². The van der Waals surface area contributed by atoms with Crippen molar-refractivity contribution in [2.75, 3.05) is 23.7 Å². The van der Waals surface area contributed by atoms with Crippen LogP contribution in [-0.2, 0) is 37.0 Å². The van der Waals surface area contributed by atoms with E-state index < -0.39 is 29.7 Å². The molecule has 4 N–H and O–H groups in total. The lowest BCUT2D eigenvalue weighted by atomic mass is 9.95. The van der Waals surface area contributed by atoms with E-state index in [1.165, 1.54) is 23.5 Å². The zero-order valence-corrected chi connectivity index (χ0v) is 31.4. The number of carbonyl (C=O) groups excluding carboxylic acids is 2. The zero-order chi connectivity index (χ0) is 38.1. The summed E-state index contributed by atoms with van der Waals surface area (Å²) in [7, 11) is 0. The number of nitrogens with zero attached hydrogens (tertiary/aromatic N) is 2. The molecule has 2 fully saturated rings.